The van der Waals surface area contributed by atoms with E-state index in [4.69, 9.17) is 11.0 Å². The van der Waals surface area contributed by atoms with Crippen LogP contribution in [-0.2, 0) is 10.0 Å². The Labute approximate surface area is 125 Å². The van der Waals surface area contributed by atoms with Gasteiger partial charge in [0.2, 0.25) is 10.0 Å². The molecule has 21 heavy (non-hydrogen) atoms. The van der Waals surface area contributed by atoms with E-state index in [1.807, 2.05) is 4.90 Å². The minimum absolute atomic E-state index is 0.222. The smallest absolute Gasteiger partial charge is 0.242 e. The van der Waals surface area contributed by atoms with Crippen LogP contribution >= 0.6 is 0 Å². The molecule has 0 saturated heterocycles. The lowest BCUT2D eigenvalue weighted by Crippen LogP contribution is -2.28. The molecule has 1 aromatic carbocycles. The third-order valence-corrected chi connectivity index (χ3v) is 5.35. The summed E-state index contributed by atoms with van der Waals surface area (Å²) < 4.78 is 25.6. The molecular weight excluding hydrogens is 288 g/mol. The summed E-state index contributed by atoms with van der Waals surface area (Å²) >= 11 is 0. The van der Waals surface area contributed by atoms with E-state index in [1.165, 1.54) is 24.5 Å². The molecule has 1 aliphatic rings. The van der Waals surface area contributed by atoms with Gasteiger partial charge in [0.1, 0.15) is 0 Å². The molecule has 1 aromatic rings. The number of anilines is 2. The summed E-state index contributed by atoms with van der Waals surface area (Å²) in [4.78, 5) is 2.27. The monoisotopic (exact) mass is 308 g/mol. The maximum absolute atomic E-state index is 12.2. The number of rotatable bonds is 6. The molecule has 0 aromatic heterocycles. The number of nitrogen functional groups attached to an aromatic ring is 1. The van der Waals surface area contributed by atoms with E-state index in [1.54, 1.807) is 12.1 Å². The maximum atomic E-state index is 12.2. The fraction of sp³-hybridized carbons (Fsp3) is 0.500. The minimum atomic E-state index is -3.49. The van der Waals surface area contributed by atoms with E-state index in [0.29, 0.717) is 30.4 Å². The highest BCUT2D eigenvalue weighted by atomic mass is 32.2. The molecule has 0 aliphatic heterocycles. The van der Waals surface area contributed by atoms with Crippen molar-refractivity contribution < 1.29 is 8.42 Å². The Hall–Kier alpha value is -1.78. The molecule has 1 saturated carbocycles. The molecule has 0 spiro atoms. The number of nitrogens with zero attached hydrogens (tertiary/aromatic N) is 3. The van der Waals surface area contributed by atoms with Crippen LogP contribution in [0.15, 0.2) is 23.1 Å². The largest absolute Gasteiger partial charge is 0.397 e. The average Bonchev–Trinajstić information content (AvgIpc) is 3.25. The van der Waals surface area contributed by atoms with Crippen LogP contribution in [0.5, 0.6) is 0 Å². The third-order valence-electron chi connectivity index (χ3n) is 3.54. The molecule has 0 atom stereocenters. The number of sulfonamides is 1. The average molecular weight is 308 g/mol. The predicted octanol–water partition coefficient (Wildman–Crippen LogP) is 1.40. The lowest BCUT2D eigenvalue weighted by atomic mass is 10.2. The van der Waals surface area contributed by atoms with Crippen LogP contribution in [0.4, 0.5) is 11.4 Å². The van der Waals surface area contributed by atoms with Gasteiger partial charge in [0.15, 0.2) is 0 Å². The van der Waals surface area contributed by atoms with Crippen LogP contribution < -0.4 is 10.6 Å². The lowest BCUT2D eigenvalue weighted by molar-refractivity contribution is 0.520. The fourth-order valence-electron chi connectivity index (χ4n) is 2.20. The maximum Gasteiger partial charge on any atom is 0.242 e. The van der Waals surface area contributed by atoms with Gasteiger partial charge in [0, 0.05) is 26.7 Å². The summed E-state index contributed by atoms with van der Waals surface area (Å²) in [6.07, 6.45) is 2.49. The van der Waals surface area contributed by atoms with Crippen molar-refractivity contribution in [2.75, 3.05) is 31.3 Å². The quantitative estimate of drug-likeness (QED) is 0.802. The molecule has 0 bridgehead atoms. The second-order valence-corrected chi connectivity index (χ2v) is 7.49. The first-order valence-electron chi connectivity index (χ1n) is 6.83. The first-order valence-corrected chi connectivity index (χ1v) is 8.27. The Kier molecular flexibility index (Phi) is 4.40. The van der Waals surface area contributed by atoms with Crippen LogP contribution in [0.2, 0.25) is 0 Å². The highest BCUT2D eigenvalue weighted by Crippen LogP contribution is 2.36. The standard InChI is InChI=1S/C14H20N4O2S/c1-17(2)21(19,20)12-6-7-13(16)14(10-12)18(9-3-8-15)11-4-5-11/h6-7,10-11H,3-5,9,16H2,1-2H3. The van der Waals surface area contributed by atoms with Gasteiger partial charge in [0.05, 0.1) is 28.8 Å². The van der Waals surface area contributed by atoms with E-state index in [2.05, 4.69) is 6.07 Å². The van der Waals surface area contributed by atoms with Crippen molar-refractivity contribution >= 4 is 21.4 Å². The fourth-order valence-corrected chi connectivity index (χ4v) is 3.12. The first-order chi connectivity index (χ1) is 9.87. The Morgan fingerprint density at radius 3 is 2.57 bits per heavy atom. The van der Waals surface area contributed by atoms with E-state index in [9.17, 15) is 8.42 Å². The van der Waals surface area contributed by atoms with Crippen LogP contribution in [0.1, 0.15) is 19.3 Å². The summed E-state index contributed by atoms with van der Waals surface area (Å²) in [7, 11) is -0.490. The topological polar surface area (TPSA) is 90.4 Å². The van der Waals surface area contributed by atoms with Crippen molar-refractivity contribution in [2.45, 2.75) is 30.2 Å². The van der Waals surface area contributed by atoms with E-state index in [-0.39, 0.29) is 4.90 Å². The second kappa shape index (κ2) is 5.92. The van der Waals surface area contributed by atoms with Crippen LogP contribution in [-0.4, -0.2) is 39.4 Å². The number of nitrogens with two attached hydrogens (primary N) is 1. The van der Waals surface area contributed by atoms with E-state index in [0.717, 1.165) is 12.8 Å². The Bertz CT molecular complexity index is 660. The number of benzene rings is 1. The molecule has 0 heterocycles. The van der Waals surface area contributed by atoms with Crippen molar-refractivity contribution in [3.8, 4) is 6.07 Å². The van der Waals surface area contributed by atoms with Crippen LogP contribution in [0.3, 0.4) is 0 Å². The van der Waals surface area contributed by atoms with Crippen molar-refractivity contribution in [3.63, 3.8) is 0 Å². The van der Waals surface area contributed by atoms with Crippen molar-refractivity contribution in [1.29, 1.82) is 5.26 Å². The Balaban J connectivity index is 2.41. The molecule has 1 aliphatic carbocycles. The zero-order valence-corrected chi connectivity index (χ0v) is 13.1. The third kappa shape index (κ3) is 3.28. The first kappa shape index (κ1) is 15.6. The van der Waals surface area contributed by atoms with Crippen LogP contribution in [0, 0.1) is 11.3 Å². The molecule has 0 radical (unpaired) electrons. The van der Waals surface area contributed by atoms with Gasteiger partial charge in [-0.1, -0.05) is 0 Å². The minimum Gasteiger partial charge on any atom is -0.397 e. The van der Waals surface area contributed by atoms with Gasteiger partial charge in [-0.15, -0.1) is 0 Å². The zero-order valence-electron chi connectivity index (χ0n) is 12.3. The summed E-state index contributed by atoms with van der Waals surface area (Å²) in [6.45, 7) is 0.566. The molecule has 7 heteroatoms. The van der Waals surface area contributed by atoms with Gasteiger partial charge in [-0.05, 0) is 31.0 Å². The molecule has 2 rings (SSSR count). The molecule has 0 unspecified atom stereocenters. The molecule has 0 amide bonds. The highest BCUT2D eigenvalue weighted by Gasteiger charge is 2.31. The van der Waals surface area contributed by atoms with Crippen LogP contribution in [0.25, 0.3) is 0 Å². The normalized spacial score (nSPS) is 15.0. The molecule has 114 valence electrons. The number of nitriles is 1. The summed E-state index contributed by atoms with van der Waals surface area (Å²) in [5, 5.41) is 8.78. The molecular formula is C14H20N4O2S. The predicted molar refractivity (Wildman–Crippen MR) is 82.3 cm³/mol. The van der Waals surface area contributed by atoms with Gasteiger partial charge >= 0.3 is 0 Å². The lowest BCUT2D eigenvalue weighted by Gasteiger charge is -2.26. The van der Waals surface area contributed by atoms with Gasteiger partial charge in [-0.2, -0.15) is 5.26 Å². The Morgan fingerprint density at radius 1 is 1.38 bits per heavy atom. The summed E-state index contributed by atoms with van der Waals surface area (Å²) in [5.41, 5.74) is 7.26. The van der Waals surface area contributed by atoms with Gasteiger partial charge < -0.3 is 10.6 Å². The summed E-state index contributed by atoms with van der Waals surface area (Å²) in [5.74, 6) is 0. The second-order valence-electron chi connectivity index (χ2n) is 5.34. The van der Waals surface area contributed by atoms with Gasteiger partial charge in [-0.25, -0.2) is 12.7 Å². The number of hydrogen-bond donors (Lipinski definition) is 1. The van der Waals surface area contributed by atoms with E-state index < -0.39 is 10.0 Å². The van der Waals surface area contributed by atoms with E-state index >= 15 is 0 Å². The summed E-state index contributed by atoms with van der Waals surface area (Å²) in [6, 6.07) is 7.23. The SMILES string of the molecule is CN(C)S(=O)(=O)c1ccc(N)c(N(CCC#N)C2CC2)c1. The highest BCUT2D eigenvalue weighted by molar-refractivity contribution is 7.89. The molecule has 6 nitrogen and oxygen atoms in total. The van der Waals surface area contributed by atoms with Gasteiger partial charge in [0.25, 0.3) is 0 Å². The molecule has 2 N–H and O–H groups in total. The molecule has 1 fully saturated rings. The van der Waals surface area contributed by atoms with Crippen molar-refractivity contribution in [3.05, 3.63) is 18.2 Å². The zero-order chi connectivity index (χ0) is 15.6. The van der Waals surface area contributed by atoms with Gasteiger partial charge in [-0.3, -0.25) is 0 Å². The van der Waals surface area contributed by atoms with Crippen molar-refractivity contribution in [1.82, 2.24) is 4.31 Å². The van der Waals surface area contributed by atoms with Crippen molar-refractivity contribution in [2.24, 2.45) is 0 Å². The number of hydrogen-bond acceptors (Lipinski definition) is 5. The Morgan fingerprint density at radius 2 is 2.05 bits per heavy atom.